The molecule has 4 rings (SSSR count). The molecular weight excluding hydrogens is 384 g/mol. The molecule has 2 aromatic rings. The number of amides is 4. The van der Waals surface area contributed by atoms with Gasteiger partial charge in [-0.3, -0.25) is 29.0 Å². The predicted molar refractivity (Wildman–Crippen MR) is 107 cm³/mol. The van der Waals surface area contributed by atoms with Crippen LogP contribution in [0, 0.1) is 0 Å². The fourth-order valence-electron chi connectivity index (χ4n) is 3.85. The fourth-order valence-corrected chi connectivity index (χ4v) is 3.85. The molecule has 0 atom stereocenters. The van der Waals surface area contributed by atoms with Crippen molar-refractivity contribution in [1.82, 2.24) is 9.80 Å². The van der Waals surface area contributed by atoms with Crippen molar-refractivity contribution < 1.29 is 29.8 Å². The van der Waals surface area contributed by atoms with E-state index in [9.17, 15) is 19.2 Å². The minimum absolute atomic E-state index is 0.225. The number of hydrogen-bond donors (Lipinski definition) is 2. The molecule has 2 aliphatic rings. The summed E-state index contributed by atoms with van der Waals surface area (Å²) in [5.41, 5.74) is 1.90. The first-order chi connectivity index (χ1) is 14.6. The Bertz CT molecular complexity index is 868. The van der Waals surface area contributed by atoms with Crippen molar-refractivity contribution in [3.05, 3.63) is 70.8 Å². The Morgan fingerprint density at radius 1 is 0.500 bits per heavy atom. The van der Waals surface area contributed by atoms with Crippen LogP contribution in [0.25, 0.3) is 0 Å². The highest BCUT2D eigenvalue weighted by Crippen LogP contribution is 2.22. The molecular formula is C22H24N4O4+2. The molecule has 8 heteroatoms. The molecule has 0 spiro atoms. The number of carbonyl (C=O) groups is 4. The third kappa shape index (κ3) is 3.62. The van der Waals surface area contributed by atoms with Gasteiger partial charge in [-0.05, 0) is 24.3 Å². The largest absolute Gasteiger partial charge is 0.340 e. The quantitative estimate of drug-likeness (QED) is 0.397. The monoisotopic (exact) mass is 408 g/mol. The Balaban J connectivity index is 1.12. The molecule has 2 aliphatic heterocycles. The van der Waals surface area contributed by atoms with Gasteiger partial charge in [0.25, 0.3) is 23.6 Å². The summed E-state index contributed by atoms with van der Waals surface area (Å²) in [6.07, 6.45) is 0. The van der Waals surface area contributed by atoms with Gasteiger partial charge in [-0.25, -0.2) is 0 Å². The Morgan fingerprint density at radius 3 is 1.10 bits per heavy atom. The van der Waals surface area contributed by atoms with Crippen LogP contribution in [0.2, 0.25) is 0 Å². The zero-order valence-electron chi connectivity index (χ0n) is 16.5. The molecule has 154 valence electrons. The Hall–Kier alpha value is -3.36. The van der Waals surface area contributed by atoms with Gasteiger partial charge in [-0.15, -0.1) is 0 Å². The third-order valence-corrected chi connectivity index (χ3v) is 5.44. The van der Waals surface area contributed by atoms with E-state index in [-0.39, 0.29) is 23.6 Å². The maximum atomic E-state index is 12.3. The molecule has 0 saturated heterocycles. The van der Waals surface area contributed by atoms with Crippen molar-refractivity contribution >= 4 is 23.6 Å². The molecule has 0 radical (unpaired) electrons. The molecule has 4 amide bonds. The van der Waals surface area contributed by atoms with Crippen LogP contribution in [0.1, 0.15) is 41.4 Å². The van der Waals surface area contributed by atoms with Crippen LogP contribution in [0.4, 0.5) is 0 Å². The van der Waals surface area contributed by atoms with E-state index in [4.69, 9.17) is 0 Å². The maximum absolute atomic E-state index is 12.3. The van der Waals surface area contributed by atoms with Gasteiger partial charge in [0.2, 0.25) is 0 Å². The number of quaternary nitrogens is 2. The normalized spacial score (nSPS) is 15.2. The minimum Gasteiger partial charge on any atom is -0.340 e. The topological polar surface area (TPSA) is 108 Å². The fraction of sp³-hybridized carbons (Fsp3) is 0.273. The lowest BCUT2D eigenvalue weighted by molar-refractivity contribution is -0.722. The van der Waals surface area contributed by atoms with E-state index in [1.54, 1.807) is 48.5 Å². The number of benzene rings is 2. The molecule has 0 fully saturated rings. The van der Waals surface area contributed by atoms with Crippen LogP contribution < -0.4 is 10.6 Å². The molecule has 2 aromatic carbocycles. The van der Waals surface area contributed by atoms with E-state index in [1.165, 1.54) is 9.80 Å². The van der Waals surface area contributed by atoms with Gasteiger partial charge in [0.15, 0.2) is 0 Å². The number of carbonyl (C=O) groups excluding carboxylic acids is 4. The van der Waals surface area contributed by atoms with Crippen molar-refractivity contribution in [2.24, 2.45) is 0 Å². The van der Waals surface area contributed by atoms with Crippen molar-refractivity contribution in [2.75, 3.05) is 39.3 Å². The summed E-state index contributed by atoms with van der Waals surface area (Å²) >= 11 is 0. The number of rotatable bonds is 9. The molecule has 0 aromatic heterocycles. The Morgan fingerprint density at radius 2 is 0.800 bits per heavy atom. The second-order valence-corrected chi connectivity index (χ2v) is 7.35. The van der Waals surface area contributed by atoms with Crippen LogP contribution in [-0.4, -0.2) is 72.7 Å². The van der Waals surface area contributed by atoms with Crippen molar-refractivity contribution in [1.29, 1.82) is 0 Å². The molecule has 0 unspecified atom stereocenters. The van der Waals surface area contributed by atoms with E-state index in [0.29, 0.717) is 48.4 Å². The van der Waals surface area contributed by atoms with E-state index < -0.39 is 0 Å². The van der Waals surface area contributed by atoms with E-state index >= 15 is 0 Å². The SMILES string of the molecule is O=C1c2ccccc2C(=O)N1CC[NH2+]CC[NH2+]CCN1C(=O)c2ccccc2C1=O. The summed E-state index contributed by atoms with van der Waals surface area (Å²) in [5, 5.41) is 4.12. The first-order valence-corrected chi connectivity index (χ1v) is 10.1. The molecule has 30 heavy (non-hydrogen) atoms. The maximum Gasteiger partial charge on any atom is 0.261 e. The Kier molecular flexibility index (Phi) is 5.69. The molecule has 2 heterocycles. The zero-order chi connectivity index (χ0) is 21.1. The van der Waals surface area contributed by atoms with E-state index in [1.807, 2.05) is 0 Å². The summed E-state index contributed by atoms with van der Waals surface area (Å²) in [7, 11) is 0. The number of nitrogens with two attached hydrogens (primary N) is 2. The number of nitrogens with zero attached hydrogens (tertiary/aromatic N) is 2. The van der Waals surface area contributed by atoms with Crippen molar-refractivity contribution in [2.45, 2.75) is 0 Å². The van der Waals surface area contributed by atoms with Gasteiger partial charge in [0.05, 0.1) is 48.4 Å². The standard InChI is InChI=1S/C22H22N4O4/c27-19-15-5-1-2-6-16(15)20(28)25(19)13-11-23-9-10-24-12-14-26-21(29)17-7-3-4-8-18(17)22(26)30/h1-8,23-24H,9-14H2/p+2. The predicted octanol–water partition coefficient (Wildman–Crippen LogP) is -1.29. The molecule has 0 saturated carbocycles. The van der Waals surface area contributed by atoms with Crippen LogP contribution in [0.15, 0.2) is 48.5 Å². The minimum atomic E-state index is -0.225. The van der Waals surface area contributed by atoms with Crippen LogP contribution >= 0.6 is 0 Å². The summed E-state index contributed by atoms with van der Waals surface area (Å²) < 4.78 is 0. The number of hydrogen-bond acceptors (Lipinski definition) is 4. The van der Waals surface area contributed by atoms with Gasteiger partial charge in [-0.2, -0.15) is 0 Å². The molecule has 0 bridgehead atoms. The highest BCUT2D eigenvalue weighted by Gasteiger charge is 2.35. The summed E-state index contributed by atoms with van der Waals surface area (Å²) in [6.45, 7) is 3.65. The lowest BCUT2D eigenvalue weighted by atomic mass is 10.1. The van der Waals surface area contributed by atoms with Gasteiger partial charge >= 0.3 is 0 Å². The lowest BCUT2D eigenvalue weighted by Gasteiger charge is -2.13. The van der Waals surface area contributed by atoms with Gasteiger partial charge < -0.3 is 10.6 Å². The van der Waals surface area contributed by atoms with Crippen LogP contribution in [-0.2, 0) is 0 Å². The van der Waals surface area contributed by atoms with Crippen molar-refractivity contribution in [3.63, 3.8) is 0 Å². The highest BCUT2D eigenvalue weighted by molar-refractivity contribution is 6.22. The molecule has 0 aliphatic carbocycles. The van der Waals surface area contributed by atoms with E-state index in [2.05, 4.69) is 10.6 Å². The Labute approximate surface area is 173 Å². The van der Waals surface area contributed by atoms with Crippen LogP contribution in [0.3, 0.4) is 0 Å². The summed E-state index contributed by atoms with van der Waals surface area (Å²) in [4.78, 5) is 51.8. The zero-order valence-corrected chi connectivity index (χ0v) is 16.5. The average molecular weight is 408 g/mol. The summed E-state index contributed by atoms with van der Waals surface area (Å²) in [6, 6.07) is 13.8. The van der Waals surface area contributed by atoms with Gasteiger partial charge in [0.1, 0.15) is 13.1 Å². The highest BCUT2D eigenvalue weighted by atomic mass is 16.2. The first kappa shape index (κ1) is 19.9. The third-order valence-electron chi connectivity index (χ3n) is 5.44. The second kappa shape index (κ2) is 8.56. The second-order valence-electron chi connectivity index (χ2n) is 7.35. The number of fused-ring (bicyclic) bond motifs is 2. The smallest absolute Gasteiger partial charge is 0.261 e. The van der Waals surface area contributed by atoms with Gasteiger partial charge in [-0.1, -0.05) is 24.3 Å². The summed E-state index contributed by atoms with van der Waals surface area (Å²) in [5.74, 6) is -0.902. The first-order valence-electron chi connectivity index (χ1n) is 10.1. The lowest BCUT2D eigenvalue weighted by Crippen LogP contribution is -2.96. The van der Waals surface area contributed by atoms with Crippen LogP contribution in [0.5, 0.6) is 0 Å². The van der Waals surface area contributed by atoms with Crippen molar-refractivity contribution in [3.8, 4) is 0 Å². The molecule has 8 nitrogen and oxygen atoms in total. The number of imide groups is 2. The average Bonchev–Trinajstić information content (AvgIpc) is 3.16. The molecule has 4 N–H and O–H groups in total. The van der Waals surface area contributed by atoms with Gasteiger partial charge in [0, 0.05) is 0 Å². The van der Waals surface area contributed by atoms with E-state index in [0.717, 1.165) is 13.1 Å².